The minimum Gasteiger partial charge on any atom is -0.371 e. The summed E-state index contributed by atoms with van der Waals surface area (Å²) >= 11 is 0. The number of nitrogens with zero attached hydrogens (tertiary/aromatic N) is 1. The molecule has 3 aromatic rings. The summed E-state index contributed by atoms with van der Waals surface area (Å²) in [5.41, 5.74) is 7.35. The van der Waals surface area contributed by atoms with Crippen LogP contribution < -0.4 is 0 Å². The number of hydrogen-bond acceptors (Lipinski definition) is 0. The fourth-order valence-electron chi connectivity index (χ4n) is 3.37. The highest BCUT2D eigenvalue weighted by atomic mass is 28.3. The van der Waals surface area contributed by atoms with Gasteiger partial charge in [-0.05, 0) is 17.2 Å². The molecule has 1 radical (unpaired) electrons. The van der Waals surface area contributed by atoms with Gasteiger partial charge in [0, 0.05) is 28.6 Å². The van der Waals surface area contributed by atoms with Crippen molar-refractivity contribution in [3.63, 3.8) is 0 Å². The molecule has 0 bridgehead atoms. The second kappa shape index (κ2) is 3.84. The lowest BCUT2D eigenvalue weighted by atomic mass is 10.0. The van der Waals surface area contributed by atoms with Crippen LogP contribution in [-0.4, -0.2) is 13.2 Å². The zero-order valence-electron chi connectivity index (χ0n) is 11.3. The number of benzene rings is 2. The van der Waals surface area contributed by atoms with E-state index in [-0.39, 0.29) is 0 Å². The monoisotopic (exact) mass is 262 g/mol. The summed E-state index contributed by atoms with van der Waals surface area (Å²) in [6.45, 7) is 4.75. The molecule has 2 aromatic carbocycles. The predicted octanol–water partition coefficient (Wildman–Crippen LogP) is 4.31. The third-order valence-corrected chi connectivity index (χ3v) is 5.47. The van der Waals surface area contributed by atoms with Gasteiger partial charge in [-0.2, -0.15) is 0 Å². The lowest BCUT2D eigenvalue weighted by molar-refractivity contribution is 1.08. The fraction of sp³-hybridized carbons (Fsp3) is 0.176. The van der Waals surface area contributed by atoms with Gasteiger partial charge in [-0.3, -0.25) is 0 Å². The molecule has 1 heterocycles. The molecule has 0 unspecified atom stereocenters. The smallest absolute Gasteiger partial charge is 0.169 e. The first kappa shape index (κ1) is 11.1. The van der Waals surface area contributed by atoms with Crippen molar-refractivity contribution in [3.05, 3.63) is 59.8 Å². The summed E-state index contributed by atoms with van der Waals surface area (Å²) in [6.07, 6.45) is 1.09. The van der Waals surface area contributed by atoms with Crippen LogP contribution in [0.2, 0.25) is 13.1 Å². The highest BCUT2D eigenvalue weighted by Gasteiger charge is 2.26. The van der Waals surface area contributed by atoms with Gasteiger partial charge in [0.25, 0.3) is 0 Å². The third kappa shape index (κ3) is 1.41. The Morgan fingerprint density at radius 1 is 0.947 bits per heavy atom. The average molecular weight is 262 g/mol. The zero-order valence-corrected chi connectivity index (χ0v) is 12.3. The average Bonchev–Trinajstić information content (AvgIpc) is 2.91. The maximum Gasteiger partial charge on any atom is 0.169 e. The van der Waals surface area contributed by atoms with E-state index in [0.29, 0.717) is 0 Å². The zero-order chi connectivity index (χ0) is 13.0. The highest BCUT2D eigenvalue weighted by Crippen LogP contribution is 2.43. The standard InChI is InChI=1S/C17H16NSi/c1-19(2)18-15-10-6-5-9-14(15)17-13-8-4-3-7-12(13)11-16(17)18/h3-10H,11H2,1-2H3. The van der Waals surface area contributed by atoms with Crippen molar-refractivity contribution >= 4 is 19.9 Å². The largest absolute Gasteiger partial charge is 0.371 e. The van der Waals surface area contributed by atoms with Crippen molar-refractivity contribution in [3.8, 4) is 11.1 Å². The van der Waals surface area contributed by atoms with Gasteiger partial charge in [-0.25, -0.2) is 0 Å². The molecule has 0 aliphatic heterocycles. The number of fused-ring (bicyclic) bond motifs is 5. The van der Waals surface area contributed by atoms with Gasteiger partial charge in [0.05, 0.1) is 0 Å². The SMILES string of the molecule is C[Si](C)n1c2c(c3ccccc31)-c1ccccc1C2. The van der Waals surface area contributed by atoms with Gasteiger partial charge in [0.1, 0.15) is 0 Å². The Hall–Kier alpha value is -1.80. The molecule has 19 heavy (non-hydrogen) atoms. The lowest BCUT2D eigenvalue weighted by Gasteiger charge is -2.11. The molecule has 1 aliphatic rings. The summed E-state index contributed by atoms with van der Waals surface area (Å²) in [4.78, 5) is 0. The van der Waals surface area contributed by atoms with Gasteiger partial charge in [0.15, 0.2) is 8.96 Å². The maximum atomic E-state index is 2.61. The number of hydrogen-bond donors (Lipinski definition) is 0. The maximum absolute atomic E-state index is 2.61. The van der Waals surface area contributed by atoms with Crippen molar-refractivity contribution in [2.45, 2.75) is 19.5 Å². The van der Waals surface area contributed by atoms with Crippen LogP contribution >= 0.6 is 0 Å². The van der Waals surface area contributed by atoms with Crippen molar-refractivity contribution in [2.24, 2.45) is 0 Å². The molecule has 0 atom stereocenters. The van der Waals surface area contributed by atoms with E-state index in [0.717, 1.165) is 6.42 Å². The quantitative estimate of drug-likeness (QED) is 0.450. The number of para-hydroxylation sites is 1. The first-order chi connectivity index (χ1) is 9.27. The topological polar surface area (TPSA) is 4.93 Å². The molecule has 4 rings (SSSR count). The van der Waals surface area contributed by atoms with E-state index in [1.807, 2.05) is 0 Å². The Labute approximate surface area is 115 Å². The molecule has 1 aliphatic carbocycles. The second-order valence-corrected chi connectivity index (χ2v) is 7.80. The molecule has 0 saturated heterocycles. The van der Waals surface area contributed by atoms with Gasteiger partial charge in [0.2, 0.25) is 0 Å². The van der Waals surface area contributed by atoms with Crippen LogP contribution in [0.5, 0.6) is 0 Å². The summed E-state index contributed by atoms with van der Waals surface area (Å²) in [5, 5.41) is 1.42. The normalized spacial score (nSPS) is 13.0. The molecular formula is C17H16NSi. The van der Waals surface area contributed by atoms with E-state index in [1.54, 1.807) is 0 Å². The Bertz CT molecular complexity index is 783. The van der Waals surface area contributed by atoms with Crippen LogP contribution in [0.25, 0.3) is 22.0 Å². The molecule has 93 valence electrons. The summed E-state index contributed by atoms with van der Waals surface area (Å²) in [7, 11) is -0.518. The van der Waals surface area contributed by atoms with Gasteiger partial charge in [-0.15, -0.1) is 0 Å². The van der Waals surface area contributed by atoms with Crippen molar-refractivity contribution in [2.75, 3.05) is 0 Å². The molecular weight excluding hydrogens is 246 g/mol. The summed E-state index contributed by atoms with van der Waals surface area (Å²) < 4.78 is 2.61. The Morgan fingerprint density at radius 3 is 2.53 bits per heavy atom. The van der Waals surface area contributed by atoms with Crippen LogP contribution in [-0.2, 0) is 6.42 Å². The second-order valence-electron chi connectivity index (χ2n) is 5.46. The Kier molecular flexibility index (Phi) is 2.24. The first-order valence-corrected chi connectivity index (χ1v) is 9.23. The molecule has 0 fully saturated rings. The fourth-order valence-corrected chi connectivity index (χ4v) is 4.78. The molecule has 1 aromatic heterocycles. The number of rotatable bonds is 1. The van der Waals surface area contributed by atoms with E-state index in [4.69, 9.17) is 0 Å². The van der Waals surface area contributed by atoms with Crippen molar-refractivity contribution in [1.29, 1.82) is 0 Å². The Morgan fingerprint density at radius 2 is 1.68 bits per heavy atom. The molecule has 1 nitrogen and oxygen atoms in total. The van der Waals surface area contributed by atoms with E-state index in [9.17, 15) is 0 Å². The Balaban J connectivity index is 2.15. The van der Waals surface area contributed by atoms with Crippen molar-refractivity contribution < 1.29 is 0 Å². The predicted molar refractivity (Wildman–Crippen MR) is 83.1 cm³/mol. The molecule has 0 spiro atoms. The molecule has 0 saturated carbocycles. The van der Waals surface area contributed by atoms with E-state index in [2.05, 4.69) is 65.9 Å². The molecule has 0 N–H and O–H groups in total. The van der Waals surface area contributed by atoms with Crippen LogP contribution in [0.3, 0.4) is 0 Å². The number of aromatic nitrogens is 1. The lowest BCUT2D eigenvalue weighted by Crippen LogP contribution is -2.17. The summed E-state index contributed by atoms with van der Waals surface area (Å²) in [5.74, 6) is 0. The minimum absolute atomic E-state index is 0.518. The van der Waals surface area contributed by atoms with E-state index in [1.165, 1.54) is 33.3 Å². The van der Waals surface area contributed by atoms with Crippen molar-refractivity contribution in [1.82, 2.24) is 4.23 Å². The van der Waals surface area contributed by atoms with E-state index < -0.39 is 8.96 Å². The molecule has 2 heteroatoms. The first-order valence-electron chi connectivity index (χ1n) is 6.78. The van der Waals surface area contributed by atoms with Gasteiger partial charge < -0.3 is 4.23 Å². The van der Waals surface area contributed by atoms with Crippen LogP contribution in [0.4, 0.5) is 0 Å². The summed E-state index contributed by atoms with van der Waals surface area (Å²) in [6, 6.07) is 17.7. The molecule has 0 amide bonds. The van der Waals surface area contributed by atoms with Gasteiger partial charge in [-0.1, -0.05) is 55.6 Å². The van der Waals surface area contributed by atoms with Crippen LogP contribution in [0.15, 0.2) is 48.5 Å². The third-order valence-electron chi connectivity index (χ3n) is 4.06. The van der Waals surface area contributed by atoms with E-state index >= 15 is 0 Å². The van der Waals surface area contributed by atoms with Crippen LogP contribution in [0.1, 0.15) is 11.3 Å². The van der Waals surface area contributed by atoms with Gasteiger partial charge >= 0.3 is 0 Å². The minimum atomic E-state index is -0.518. The van der Waals surface area contributed by atoms with Crippen LogP contribution in [0, 0.1) is 0 Å². The highest BCUT2D eigenvalue weighted by molar-refractivity contribution is 6.55.